The van der Waals surface area contributed by atoms with Gasteiger partial charge in [0.05, 0.1) is 17.5 Å². The zero-order valence-electron chi connectivity index (χ0n) is 22.1. The number of carbonyl (C=O) groups is 2. The van der Waals surface area contributed by atoms with E-state index in [1.807, 2.05) is 36.9 Å². The van der Waals surface area contributed by atoms with E-state index in [4.69, 9.17) is 4.74 Å². The number of carbonyl (C=O) groups excluding carboxylic acids is 2. The number of amides is 1. The van der Waals surface area contributed by atoms with E-state index in [9.17, 15) is 18.6 Å². The number of nitrogens with zero attached hydrogens (tertiary/aromatic N) is 3. The van der Waals surface area contributed by atoms with Crippen LogP contribution in [0.5, 0.6) is 0 Å². The minimum Gasteiger partial charge on any atom is -0.468 e. The first-order valence-electron chi connectivity index (χ1n) is 12.1. The molecule has 2 aromatic carbocycles. The van der Waals surface area contributed by atoms with Gasteiger partial charge in [-0.3, -0.25) is 14.4 Å². The molecular formula is C27H30N6O5S. The van der Waals surface area contributed by atoms with Gasteiger partial charge >= 0.3 is 5.97 Å². The predicted molar refractivity (Wildman–Crippen MR) is 149 cm³/mol. The summed E-state index contributed by atoms with van der Waals surface area (Å²) in [6.45, 7) is 2.18. The quantitative estimate of drug-likeness (QED) is 0.256. The third-order valence-corrected chi connectivity index (χ3v) is 7.41. The van der Waals surface area contributed by atoms with E-state index in [2.05, 4.69) is 20.3 Å². The lowest BCUT2D eigenvalue weighted by Gasteiger charge is -2.17. The van der Waals surface area contributed by atoms with Crippen molar-refractivity contribution in [2.24, 2.45) is 14.1 Å². The fraction of sp³-hybridized carbons (Fsp3) is 0.259. The number of hydrogen-bond acceptors (Lipinski definition) is 7. The van der Waals surface area contributed by atoms with E-state index in [0.29, 0.717) is 22.3 Å². The molecule has 4 rings (SSSR count). The third-order valence-electron chi connectivity index (χ3n) is 6.21. The molecule has 0 aliphatic rings. The van der Waals surface area contributed by atoms with E-state index in [1.165, 1.54) is 13.3 Å². The van der Waals surface area contributed by atoms with E-state index in [1.54, 1.807) is 48.1 Å². The van der Waals surface area contributed by atoms with Crippen LogP contribution in [0.4, 0.5) is 5.95 Å². The molecule has 2 atom stereocenters. The summed E-state index contributed by atoms with van der Waals surface area (Å²) in [6.07, 6.45) is 5.00. The Morgan fingerprint density at radius 2 is 1.85 bits per heavy atom. The van der Waals surface area contributed by atoms with Gasteiger partial charge in [0.1, 0.15) is 22.6 Å². The third kappa shape index (κ3) is 6.41. The Morgan fingerprint density at radius 3 is 2.51 bits per heavy atom. The summed E-state index contributed by atoms with van der Waals surface area (Å²) < 4.78 is 23.8. The van der Waals surface area contributed by atoms with Crippen molar-refractivity contribution in [1.82, 2.24) is 24.2 Å². The monoisotopic (exact) mass is 550 g/mol. The predicted octanol–water partition coefficient (Wildman–Crippen LogP) is 1.78. The molecule has 1 amide bonds. The number of imidazole rings is 1. The first kappa shape index (κ1) is 27.7. The molecule has 0 saturated carbocycles. The molecule has 0 aliphatic heterocycles. The van der Waals surface area contributed by atoms with Gasteiger partial charge in [-0.05, 0) is 36.8 Å². The van der Waals surface area contributed by atoms with Gasteiger partial charge in [-0.1, -0.05) is 23.8 Å². The number of pyridine rings is 1. The van der Waals surface area contributed by atoms with Crippen molar-refractivity contribution >= 4 is 39.7 Å². The van der Waals surface area contributed by atoms with Gasteiger partial charge in [-0.25, -0.2) is 13.9 Å². The summed E-state index contributed by atoms with van der Waals surface area (Å²) >= 11 is 0. The Kier molecular flexibility index (Phi) is 8.57. The molecule has 0 spiro atoms. The Morgan fingerprint density at radius 1 is 1.10 bits per heavy atom. The van der Waals surface area contributed by atoms with Crippen LogP contribution in [0.25, 0.3) is 10.9 Å². The number of methoxy groups -OCH3 is 1. The van der Waals surface area contributed by atoms with Crippen LogP contribution in [0.1, 0.15) is 21.5 Å². The second-order valence-corrected chi connectivity index (χ2v) is 10.3. The summed E-state index contributed by atoms with van der Waals surface area (Å²) in [4.78, 5) is 43.2. The smallest absolute Gasteiger partial charge is 0.325 e. The highest BCUT2D eigenvalue weighted by Gasteiger charge is 2.24. The molecule has 204 valence electrons. The number of benzene rings is 2. The average Bonchev–Trinajstić information content (AvgIpc) is 3.35. The molecular weight excluding hydrogens is 520 g/mol. The van der Waals surface area contributed by atoms with E-state index < -0.39 is 34.3 Å². The van der Waals surface area contributed by atoms with Gasteiger partial charge in [0, 0.05) is 51.2 Å². The second-order valence-electron chi connectivity index (χ2n) is 9.04. The van der Waals surface area contributed by atoms with Crippen molar-refractivity contribution < 1.29 is 18.5 Å². The summed E-state index contributed by atoms with van der Waals surface area (Å²) in [5, 5.41) is 6.22. The minimum atomic E-state index is -1.72. The van der Waals surface area contributed by atoms with Crippen molar-refractivity contribution in [3.05, 3.63) is 88.0 Å². The Balaban J connectivity index is 1.48. The summed E-state index contributed by atoms with van der Waals surface area (Å²) in [5.74, 6) is -0.637. The van der Waals surface area contributed by atoms with Crippen LogP contribution in [-0.4, -0.2) is 49.9 Å². The topological polar surface area (TPSA) is 136 Å². The number of aromatic nitrogens is 3. The molecule has 0 fully saturated rings. The number of rotatable bonds is 10. The maximum Gasteiger partial charge on any atom is 0.325 e. The highest BCUT2D eigenvalue weighted by molar-refractivity contribution is 7.83. The van der Waals surface area contributed by atoms with Gasteiger partial charge in [-0.2, -0.15) is 0 Å². The fourth-order valence-electron chi connectivity index (χ4n) is 3.98. The summed E-state index contributed by atoms with van der Waals surface area (Å²) in [5.41, 5.74) is 2.09. The normalized spacial score (nSPS) is 12.6. The van der Waals surface area contributed by atoms with Crippen LogP contribution in [-0.2, 0) is 41.2 Å². The molecule has 2 heterocycles. The van der Waals surface area contributed by atoms with Crippen LogP contribution in [0.2, 0.25) is 0 Å². The standard InChI is InChI=1S/C27H30N6O5S/c1-17-5-8-19(9-6-17)39(37)31-22(26(36)38-4)15-29-25(35)21-16-33(3)23-13-18(7-10-20(23)24(21)34)14-30-27-28-11-12-32(27)2/h5-13,16,22,31H,14-15H2,1-4H3,(H,28,30)(H,29,35). The van der Waals surface area contributed by atoms with Gasteiger partial charge < -0.3 is 24.5 Å². The van der Waals surface area contributed by atoms with Crippen molar-refractivity contribution in [3.8, 4) is 0 Å². The van der Waals surface area contributed by atoms with Crippen LogP contribution in [0.3, 0.4) is 0 Å². The van der Waals surface area contributed by atoms with Gasteiger partial charge in [0.15, 0.2) is 0 Å². The van der Waals surface area contributed by atoms with Crippen molar-refractivity contribution in [1.29, 1.82) is 0 Å². The molecule has 39 heavy (non-hydrogen) atoms. The number of aryl methyl sites for hydroxylation is 3. The number of anilines is 1. The highest BCUT2D eigenvalue weighted by Crippen LogP contribution is 2.15. The Labute approximate surface area is 227 Å². The number of ether oxygens (including phenoxy) is 1. The largest absolute Gasteiger partial charge is 0.468 e. The number of hydrogen-bond donors (Lipinski definition) is 3. The Bertz CT molecular complexity index is 1590. The second kappa shape index (κ2) is 12.0. The maximum absolute atomic E-state index is 13.2. The van der Waals surface area contributed by atoms with Crippen LogP contribution >= 0.6 is 0 Å². The van der Waals surface area contributed by atoms with Crippen LogP contribution in [0.15, 0.2) is 70.7 Å². The number of nitrogens with one attached hydrogen (secondary N) is 3. The SMILES string of the molecule is COC(=O)C(CNC(=O)c1cn(C)c2cc(CNc3nccn3C)ccc2c1=O)NS(=O)c1ccc(C)cc1. The van der Waals surface area contributed by atoms with Crippen LogP contribution in [0, 0.1) is 6.92 Å². The lowest BCUT2D eigenvalue weighted by Crippen LogP contribution is -2.47. The van der Waals surface area contributed by atoms with E-state index in [0.717, 1.165) is 17.1 Å². The van der Waals surface area contributed by atoms with E-state index in [-0.39, 0.29) is 12.1 Å². The molecule has 11 nitrogen and oxygen atoms in total. The van der Waals surface area contributed by atoms with Crippen LogP contribution < -0.4 is 20.8 Å². The lowest BCUT2D eigenvalue weighted by molar-refractivity contribution is -0.142. The highest BCUT2D eigenvalue weighted by atomic mass is 32.2. The molecule has 12 heteroatoms. The molecule has 0 saturated heterocycles. The van der Waals surface area contributed by atoms with Crippen molar-refractivity contribution in [2.75, 3.05) is 19.0 Å². The maximum atomic E-state index is 13.2. The first-order valence-corrected chi connectivity index (χ1v) is 13.3. The molecule has 0 radical (unpaired) electrons. The molecule has 0 bridgehead atoms. The molecule has 2 aromatic heterocycles. The van der Waals surface area contributed by atoms with Crippen molar-refractivity contribution in [3.63, 3.8) is 0 Å². The minimum absolute atomic E-state index is 0.0767. The molecule has 2 unspecified atom stereocenters. The lowest BCUT2D eigenvalue weighted by atomic mass is 10.1. The summed E-state index contributed by atoms with van der Waals surface area (Å²) in [7, 11) is 3.11. The summed E-state index contributed by atoms with van der Waals surface area (Å²) in [6, 6.07) is 11.3. The number of fused-ring (bicyclic) bond motifs is 1. The van der Waals surface area contributed by atoms with Gasteiger partial charge in [0.2, 0.25) is 11.4 Å². The van der Waals surface area contributed by atoms with E-state index >= 15 is 0 Å². The zero-order chi connectivity index (χ0) is 28.1. The number of esters is 1. The fourth-order valence-corrected chi connectivity index (χ4v) is 4.94. The first-order chi connectivity index (χ1) is 18.7. The van der Waals surface area contributed by atoms with Gasteiger partial charge in [-0.15, -0.1) is 0 Å². The van der Waals surface area contributed by atoms with Gasteiger partial charge in [0.25, 0.3) is 5.91 Å². The zero-order valence-corrected chi connectivity index (χ0v) is 22.9. The molecule has 3 N–H and O–H groups in total. The Hall–Kier alpha value is -4.29. The molecule has 4 aromatic rings. The molecule has 0 aliphatic carbocycles. The average molecular weight is 551 g/mol. The van der Waals surface area contributed by atoms with Crippen molar-refractivity contribution in [2.45, 2.75) is 24.4 Å².